The number of nitrogens with one attached hydrogen (secondary N) is 2. The van der Waals surface area contributed by atoms with Crippen molar-refractivity contribution in [2.45, 2.75) is 26.8 Å². The minimum atomic E-state index is -0.503. The molecule has 1 unspecified atom stereocenters. The fraction of sp³-hybridized carbons (Fsp3) is 0.192. The molecule has 2 N–H and O–H groups in total. The van der Waals surface area contributed by atoms with E-state index in [1.807, 2.05) is 36.4 Å². The van der Waals surface area contributed by atoms with Gasteiger partial charge in [0.2, 0.25) is 11.8 Å². The summed E-state index contributed by atoms with van der Waals surface area (Å²) >= 11 is 0. The summed E-state index contributed by atoms with van der Waals surface area (Å²) in [6.07, 6.45) is 0.0663. The molecular weight excluding hydrogens is 400 g/mol. The maximum Gasteiger partial charge on any atom is 0.227 e. The van der Waals surface area contributed by atoms with Gasteiger partial charge in [0.15, 0.2) is 0 Å². The highest BCUT2D eigenvalue weighted by molar-refractivity contribution is 6.10. The number of nitrogens with zero attached hydrogens (tertiary/aromatic N) is 2. The van der Waals surface area contributed by atoms with Crippen LogP contribution in [0.1, 0.15) is 25.8 Å². The standard InChI is InChI=1S/C26H24N4O2/c1-3-30-23-7-5-4-6-21(23)22-15-20(12-13-24(22)30)28-25(31)14-17(2)26(32)29-19-10-8-18(16-27)9-11-19/h4-13,15,17H,3,14H2,1-2H3,(H,28,31)(H,29,32). The van der Waals surface area contributed by atoms with E-state index in [4.69, 9.17) is 5.26 Å². The van der Waals surface area contributed by atoms with Crippen molar-refractivity contribution in [3.05, 3.63) is 72.3 Å². The summed E-state index contributed by atoms with van der Waals surface area (Å²) in [6, 6.07) is 22.8. The molecule has 1 heterocycles. The molecule has 0 spiro atoms. The molecule has 1 aromatic heterocycles. The number of fused-ring (bicyclic) bond motifs is 3. The molecule has 4 rings (SSSR count). The summed E-state index contributed by atoms with van der Waals surface area (Å²) in [4.78, 5) is 25.0. The van der Waals surface area contributed by atoms with Crippen LogP contribution in [-0.2, 0) is 16.1 Å². The van der Waals surface area contributed by atoms with Crippen molar-refractivity contribution in [1.29, 1.82) is 5.26 Å². The number of hydrogen-bond acceptors (Lipinski definition) is 3. The number of carbonyl (C=O) groups excluding carboxylic acids is 2. The van der Waals surface area contributed by atoms with E-state index in [0.717, 1.165) is 22.8 Å². The second-order valence-corrected chi connectivity index (χ2v) is 7.83. The minimum absolute atomic E-state index is 0.0663. The highest BCUT2D eigenvalue weighted by Gasteiger charge is 2.18. The number of rotatable bonds is 6. The number of aryl methyl sites for hydroxylation is 1. The predicted molar refractivity (Wildman–Crippen MR) is 127 cm³/mol. The molecule has 32 heavy (non-hydrogen) atoms. The van der Waals surface area contributed by atoms with Crippen molar-refractivity contribution < 1.29 is 9.59 Å². The number of hydrogen-bond donors (Lipinski definition) is 2. The molecule has 160 valence electrons. The van der Waals surface area contributed by atoms with Gasteiger partial charge >= 0.3 is 0 Å². The van der Waals surface area contributed by atoms with Crippen LogP contribution in [0.2, 0.25) is 0 Å². The van der Waals surface area contributed by atoms with Crippen LogP contribution in [-0.4, -0.2) is 16.4 Å². The first kappa shape index (κ1) is 21.1. The highest BCUT2D eigenvalue weighted by atomic mass is 16.2. The molecule has 0 radical (unpaired) electrons. The van der Waals surface area contributed by atoms with Gasteiger partial charge in [-0.05, 0) is 55.5 Å². The molecule has 0 fully saturated rings. The van der Waals surface area contributed by atoms with E-state index >= 15 is 0 Å². The van der Waals surface area contributed by atoms with Gasteiger partial charge in [-0.15, -0.1) is 0 Å². The van der Waals surface area contributed by atoms with E-state index < -0.39 is 5.92 Å². The number of para-hydroxylation sites is 1. The third-order valence-electron chi connectivity index (χ3n) is 5.59. The van der Waals surface area contributed by atoms with Crippen LogP contribution in [0.3, 0.4) is 0 Å². The Hall–Kier alpha value is -4.11. The summed E-state index contributed by atoms with van der Waals surface area (Å²) in [5.41, 5.74) is 4.12. The van der Waals surface area contributed by atoms with Gasteiger partial charge < -0.3 is 15.2 Å². The van der Waals surface area contributed by atoms with Crippen molar-refractivity contribution in [2.75, 3.05) is 10.6 Å². The van der Waals surface area contributed by atoms with Crippen molar-refractivity contribution >= 4 is 45.0 Å². The first-order valence-corrected chi connectivity index (χ1v) is 10.6. The summed E-state index contributed by atoms with van der Waals surface area (Å²) in [5, 5.41) is 16.8. The van der Waals surface area contributed by atoms with Crippen LogP contribution in [0.4, 0.5) is 11.4 Å². The predicted octanol–water partition coefficient (Wildman–Crippen LogP) is 5.29. The number of anilines is 2. The van der Waals surface area contributed by atoms with Gasteiger partial charge in [0.05, 0.1) is 11.6 Å². The molecule has 4 aromatic rings. The molecule has 0 saturated carbocycles. The van der Waals surface area contributed by atoms with Crippen molar-refractivity contribution in [1.82, 2.24) is 4.57 Å². The molecule has 3 aromatic carbocycles. The molecule has 0 aliphatic rings. The van der Waals surface area contributed by atoms with E-state index in [0.29, 0.717) is 16.9 Å². The van der Waals surface area contributed by atoms with Crippen molar-refractivity contribution in [3.8, 4) is 6.07 Å². The zero-order valence-electron chi connectivity index (χ0n) is 18.1. The van der Waals surface area contributed by atoms with Crippen LogP contribution in [0, 0.1) is 17.2 Å². The SMILES string of the molecule is CCn1c2ccccc2c2cc(NC(=O)CC(C)C(=O)Nc3ccc(C#N)cc3)ccc21. The van der Waals surface area contributed by atoms with Crippen LogP contribution in [0.5, 0.6) is 0 Å². The van der Waals surface area contributed by atoms with E-state index in [2.05, 4.69) is 34.3 Å². The normalized spacial score (nSPS) is 11.8. The molecule has 1 atom stereocenters. The number of nitriles is 1. The number of benzene rings is 3. The summed E-state index contributed by atoms with van der Waals surface area (Å²) in [6.45, 7) is 4.70. The van der Waals surface area contributed by atoms with Crippen LogP contribution in [0.15, 0.2) is 66.7 Å². The van der Waals surface area contributed by atoms with E-state index in [1.54, 1.807) is 31.2 Å². The van der Waals surface area contributed by atoms with E-state index in [-0.39, 0.29) is 18.2 Å². The molecule has 0 aliphatic heterocycles. The monoisotopic (exact) mass is 424 g/mol. The first-order chi connectivity index (χ1) is 15.5. The fourth-order valence-corrected chi connectivity index (χ4v) is 3.95. The maximum absolute atomic E-state index is 12.6. The van der Waals surface area contributed by atoms with E-state index in [1.165, 1.54) is 5.52 Å². The highest BCUT2D eigenvalue weighted by Crippen LogP contribution is 2.31. The van der Waals surface area contributed by atoms with Crippen LogP contribution in [0.25, 0.3) is 21.8 Å². The second kappa shape index (κ2) is 8.94. The Labute approximate surface area is 186 Å². The Morgan fingerprint density at radius 3 is 2.34 bits per heavy atom. The van der Waals surface area contributed by atoms with Gasteiger partial charge in [-0.2, -0.15) is 5.26 Å². The molecule has 0 saturated heterocycles. The Kier molecular flexibility index (Phi) is 5.91. The third-order valence-corrected chi connectivity index (χ3v) is 5.59. The summed E-state index contributed by atoms with van der Waals surface area (Å²) < 4.78 is 2.26. The largest absolute Gasteiger partial charge is 0.341 e. The number of aromatic nitrogens is 1. The molecule has 0 aliphatic carbocycles. The Morgan fingerprint density at radius 1 is 0.938 bits per heavy atom. The Bertz CT molecular complexity index is 1350. The zero-order valence-corrected chi connectivity index (χ0v) is 18.1. The third kappa shape index (κ3) is 4.19. The smallest absolute Gasteiger partial charge is 0.227 e. The average Bonchev–Trinajstić information content (AvgIpc) is 3.12. The lowest BCUT2D eigenvalue weighted by molar-refractivity contribution is -0.124. The zero-order chi connectivity index (χ0) is 22.7. The number of amides is 2. The van der Waals surface area contributed by atoms with Gasteiger partial charge in [-0.25, -0.2) is 0 Å². The Morgan fingerprint density at radius 2 is 1.62 bits per heavy atom. The first-order valence-electron chi connectivity index (χ1n) is 10.6. The van der Waals surface area contributed by atoms with Crippen LogP contribution < -0.4 is 10.6 Å². The maximum atomic E-state index is 12.6. The van der Waals surface area contributed by atoms with Gasteiger partial charge in [0, 0.05) is 52.1 Å². The average molecular weight is 425 g/mol. The quantitative estimate of drug-likeness (QED) is 0.441. The van der Waals surface area contributed by atoms with Gasteiger partial charge in [-0.1, -0.05) is 25.1 Å². The lowest BCUT2D eigenvalue weighted by Gasteiger charge is -2.13. The minimum Gasteiger partial charge on any atom is -0.341 e. The van der Waals surface area contributed by atoms with Crippen molar-refractivity contribution in [2.24, 2.45) is 5.92 Å². The lowest BCUT2D eigenvalue weighted by atomic mass is 10.1. The number of carbonyl (C=O) groups is 2. The second-order valence-electron chi connectivity index (χ2n) is 7.83. The molecule has 0 bridgehead atoms. The van der Waals surface area contributed by atoms with Crippen LogP contribution >= 0.6 is 0 Å². The summed E-state index contributed by atoms with van der Waals surface area (Å²) in [7, 11) is 0. The molecule has 6 nitrogen and oxygen atoms in total. The van der Waals surface area contributed by atoms with Gasteiger partial charge in [0.25, 0.3) is 0 Å². The lowest BCUT2D eigenvalue weighted by Crippen LogP contribution is -2.25. The van der Waals surface area contributed by atoms with Gasteiger partial charge in [-0.3, -0.25) is 9.59 Å². The topological polar surface area (TPSA) is 86.9 Å². The molecule has 6 heteroatoms. The fourth-order valence-electron chi connectivity index (χ4n) is 3.95. The Balaban J connectivity index is 1.44. The molecular formula is C26H24N4O2. The summed E-state index contributed by atoms with van der Waals surface area (Å²) in [5.74, 6) is -0.964. The molecule has 2 amide bonds. The van der Waals surface area contributed by atoms with E-state index in [9.17, 15) is 9.59 Å². The van der Waals surface area contributed by atoms with Gasteiger partial charge in [0.1, 0.15) is 0 Å². The van der Waals surface area contributed by atoms with Crippen molar-refractivity contribution in [3.63, 3.8) is 0 Å².